The summed E-state index contributed by atoms with van der Waals surface area (Å²) < 4.78 is 21.3. The monoisotopic (exact) mass is 338 g/mol. The molecular formula is C19H18N2O4. The summed E-state index contributed by atoms with van der Waals surface area (Å²) in [4.78, 5) is 0. The minimum atomic E-state index is 0.417. The molecule has 2 aromatic carbocycles. The number of methoxy groups -OCH3 is 3. The fraction of sp³-hybridized carbons (Fsp3) is 0.158. The van der Waals surface area contributed by atoms with Gasteiger partial charge in [-0.1, -0.05) is 6.07 Å². The van der Waals surface area contributed by atoms with Gasteiger partial charge in [-0.2, -0.15) is 0 Å². The summed E-state index contributed by atoms with van der Waals surface area (Å²) in [6, 6.07) is 13.1. The molecule has 0 spiro atoms. The fourth-order valence-electron chi connectivity index (χ4n) is 2.28. The molecule has 0 unspecified atom stereocenters. The highest BCUT2D eigenvalue weighted by atomic mass is 16.5. The molecule has 1 heterocycles. The number of nitrogens with zero attached hydrogens (tertiary/aromatic N) is 2. The molecule has 3 aromatic rings. The first kappa shape index (κ1) is 16.6. The van der Waals surface area contributed by atoms with Gasteiger partial charge >= 0.3 is 0 Å². The van der Waals surface area contributed by atoms with E-state index < -0.39 is 0 Å². The topological polar surface area (TPSA) is 66.6 Å². The highest BCUT2D eigenvalue weighted by Crippen LogP contribution is 2.28. The van der Waals surface area contributed by atoms with Gasteiger partial charge in [-0.15, -0.1) is 10.2 Å². The van der Waals surface area contributed by atoms with Crippen LogP contribution in [0.2, 0.25) is 0 Å². The van der Waals surface area contributed by atoms with Crippen molar-refractivity contribution in [1.29, 1.82) is 0 Å². The van der Waals surface area contributed by atoms with Crippen molar-refractivity contribution in [2.24, 2.45) is 0 Å². The van der Waals surface area contributed by atoms with Crippen molar-refractivity contribution in [3.63, 3.8) is 0 Å². The van der Waals surface area contributed by atoms with Gasteiger partial charge in [0.15, 0.2) is 11.5 Å². The average Bonchev–Trinajstić information content (AvgIpc) is 3.15. The van der Waals surface area contributed by atoms with Gasteiger partial charge in [0.25, 0.3) is 0 Å². The van der Waals surface area contributed by atoms with Crippen molar-refractivity contribution in [2.45, 2.75) is 0 Å². The van der Waals surface area contributed by atoms with E-state index >= 15 is 0 Å². The quantitative estimate of drug-likeness (QED) is 0.678. The first-order valence-electron chi connectivity index (χ1n) is 7.61. The summed E-state index contributed by atoms with van der Waals surface area (Å²) in [6.07, 6.45) is 3.62. The predicted octanol–water partition coefficient (Wildman–Crippen LogP) is 3.93. The van der Waals surface area contributed by atoms with E-state index in [4.69, 9.17) is 18.6 Å². The van der Waals surface area contributed by atoms with Crippen molar-refractivity contribution >= 4 is 12.2 Å². The lowest BCUT2D eigenvalue weighted by molar-refractivity contribution is 0.355. The standard InChI is InChI=1S/C19H18N2O4/c1-22-15-8-6-14(7-9-15)19-21-20-18(25-19)11-5-13-4-10-16(23-2)17(12-13)24-3/h4-12H,1-3H3/b11-5+. The Morgan fingerprint density at radius 2 is 1.56 bits per heavy atom. The first-order valence-corrected chi connectivity index (χ1v) is 7.61. The molecule has 1 aromatic heterocycles. The molecule has 0 radical (unpaired) electrons. The van der Waals surface area contributed by atoms with Crippen LogP contribution in [0.4, 0.5) is 0 Å². The molecule has 0 atom stereocenters. The lowest BCUT2D eigenvalue weighted by Crippen LogP contribution is -1.90. The minimum absolute atomic E-state index is 0.417. The molecule has 0 aliphatic rings. The van der Waals surface area contributed by atoms with Gasteiger partial charge in [0, 0.05) is 11.6 Å². The molecule has 0 fully saturated rings. The molecule has 128 valence electrons. The molecule has 0 bridgehead atoms. The van der Waals surface area contributed by atoms with Crippen LogP contribution in [-0.4, -0.2) is 31.5 Å². The summed E-state index contributed by atoms with van der Waals surface area (Å²) in [5.41, 5.74) is 1.76. The van der Waals surface area contributed by atoms with Gasteiger partial charge in [-0.25, -0.2) is 0 Å². The zero-order chi connectivity index (χ0) is 17.6. The molecular weight excluding hydrogens is 320 g/mol. The highest BCUT2D eigenvalue weighted by molar-refractivity contribution is 5.68. The average molecular weight is 338 g/mol. The molecule has 0 saturated carbocycles. The van der Waals surface area contributed by atoms with Gasteiger partial charge < -0.3 is 18.6 Å². The maximum absolute atomic E-state index is 5.66. The summed E-state index contributed by atoms with van der Waals surface area (Å²) in [5, 5.41) is 8.10. The van der Waals surface area contributed by atoms with Gasteiger partial charge in [0.2, 0.25) is 11.8 Å². The van der Waals surface area contributed by atoms with Gasteiger partial charge in [0.1, 0.15) is 5.75 Å². The van der Waals surface area contributed by atoms with Crippen molar-refractivity contribution in [3.8, 4) is 28.7 Å². The van der Waals surface area contributed by atoms with Crippen molar-refractivity contribution in [1.82, 2.24) is 10.2 Å². The minimum Gasteiger partial charge on any atom is -0.497 e. The van der Waals surface area contributed by atoms with Crippen LogP contribution in [0.1, 0.15) is 11.5 Å². The maximum Gasteiger partial charge on any atom is 0.248 e. The molecule has 6 nitrogen and oxygen atoms in total. The summed E-state index contributed by atoms with van der Waals surface area (Å²) in [6.45, 7) is 0. The van der Waals surface area contributed by atoms with Crippen molar-refractivity contribution in [2.75, 3.05) is 21.3 Å². The fourth-order valence-corrected chi connectivity index (χ4v) is 2.28. The van der Waals surface area contributed by atoms with E-state index in [-0.39, 0.29) is 0 Å². The Morgan fingerprint density at radius 3 is 2.24 bits per heavy atom. The van der Waals surface area contributed by atoms with E-state index in [2.05, 4.69) is 10.2 Å². The van der Waals surface area contributed by atoms with Crippen LogP contribution < -0.4 is 14.2 Å². The van der Waals surface area contributed by atoms with Gasteiger partial charge in [-0.3, -0.25) is 0 Å². The molecule has 0 N–H and O–H groups in total. The van der Waals surface area contributed by atoms with Crippen molar-refractivity contribution in [3.05, 3.63) is 53.9 Å². The predicted molar refractivity (Wildman–Crippen MR) is 94.8 cm³/mol. The summed E-state index contributed by atoms with van der Waals surface area (Å²) in [5.74, 6) is 2.99. The number of hydrogen-bond acceptors (Lipinski definition) is 6. The molecule has 6 heteroatoms. The third kappa shape index (κ3) is 3.80. The number of ether oxygens (including phenoxy) is 3. The Kier molecular flexibility index (Phi) is 4.99. The molecule has 25 heavy (non-hydrogen) atoms. The number of benzene rings is 2. The third-order valence-electron chi connectivity index (χ3n) is 3.60. The van der Waals surface area contributed by atoms with E-state index in [0.29, 0.717) is 23.3 Å². The third-order valence-corrected chi connectivity index (χ3v) is 3.60. The number of rotatable bonds is 6. The lowest BCUT2D eigenvalue weighted by Gasteiger charge is -2.07. The second-order valence-corrected chi connectivity index (χ2v) is 5.12. The molecule has 0 amide bonds. The van der Waals surface area contributed by atoms with E-state index in [1.807, 2.05) is 48.5 Å². The van der Waals surface area contributed by atoms with Crippen LogP contribution in [0.5, 0.6) is 17.2 Å². The zero-order valence-corrected chi connectivity index (χ0v) is 14.2. The molecule has 0 saturated heterocycles. The summed E-state index contributed by atoms with van der Waals surface area (Å²) in [7, 11) is 4.83. The Bertz CT molecular complexity index is 869. The Hall–Kier alpha value is -3.28. The first-order chi connectivity index (χ1) is 12.2. The van der Waals surface area contributed by atoms with Crippen LogP contribution >= 0.6 is 0 Å². The van der Waals surface area contributed by atoms with E-state index in [1.54, 1.807) is 27.4 Å². The largest absolute Gasteiger partial charge is 0.497 e. The maximum atomic E-state index is 5.66. The number of hydrogen-bond donors (Lipinski definition) is 0. The second-order valence-electron chi connectivity index (χ2n) is 5.12. The Labute approximate surface area is 145 Å². The SMILES string of the molecule is COc1ccc(-c2nnc(/C=C/c3ccc(OC)c(OC)c3)o2)cc1. The van der Waals surface area contributed by atoms with Crippen LogP contribution in [0.3, 0.4) is 0 Å². The zero-order valence-electron chi connectivity index (χ0n) is 14.2. The highest BCUT2D eigenvalue weighted by Gasteiger charge is 2.07. The Morgan fingerprint density at radius 1 is 0.800 bits per heavy atom. The van der Waals surface area contributed by atoms with Crippen LogP contribution in [0.25, 0.3) is 23.6 Å². The Balaban J connectivity index is 1.77. The second kappa shape index (κ2) is 7.53. The number of aromatic nitrogens is 2. The molecule has 0 aliphatic heterocycles. The smallest absolute Gasteiger partial charge is 0.248 e. The van der Waals surface area contributed by atoms with Crippen LogP contribution in [-0.2, 0) is 0 Å². The van der Waals surface area contributed by atoms with Crippen LogP contribution in [0.15, 0.2) is 46.9 Å². The van der Waals surface area contributed by atoms with E-state index in [0.717, 1.165) is 16.9 Å². The van der Waals surface area contributed by atoms with Crippen molar-refractivity contribution < 1.29 is 18.6 Å². The van der Waals surface area contributed by atoms with E-state index in [1.165, 1.54) is 0 Å². The molecule has 0 aliphatic carbocycles. The van der Waals surface area contributed by atoms with Gasteiger partial charge in [0.05, 0.1) is 21.3 Å². The van der Waals surface area contributed by atoms with Gasteiger partial charge in [-0.05, 0) is 48.0 Å². The van der Waals surface area contributed by atoms with Crippen LogP contribution in [0, 0.1) is 0 Å². The normalized spacial score (nSPS) is 10.8. The lowest BCUT2D eigenvalue weighted by atomic mass is 10.2. The molecule has 3 rings (SSSR count). The van der Waals surface area contributed by atoms with E-state index in [9.17, 15) is 0 Å². The summed E-state index contributed by atoms with van der Waals surface area (Å²) >= 11 is 0.